The molecule has 0 spiro atoms. The molecule has 44 heavy (non-hydrogen) atoms. The van der Waals surface area contributed by atoms with Gasteiger partial charge in [-0.3, -0.25) is 4.79 Å². The summed E-state index contributed by atoms with van der Waals surface area (Å²) in [6, 6.07) is 14.9. The summed E-state index contributed by atoms with van der Waals surface area (Å²) in [4.78, 5) is 33.2. The lowest BCUT2D eigenvalue weighted by Gasteiger charge is -2.35. The van der Waals surface area contributed by atoms with E-state index in [1.54, 1.807) is 17.0 Å². The summed E-state index contributed by atoms with van der Waals surface area (Å²) < 4.78 is 35.8. The topological polar surface area (TPSA) is 151 Å². The highest BCUT2D eigenvalue weighted by Crippen LogP contribution is 2.31. The van der Waals surface area contributed by atoms with Crippen molar-refractivity contribution in [3.63, 3.8) is 0 Å². The second-order valence-electron chi connectivity index (χ2n) is 12.0. The maximum Gasteiger partial charge on any atom is 0.264 e. The van der Waals surface area contributed by atoms with Gasteiger partial charge in [-0.2, -0.15) is 10.2 Å². The summed E-state index contributed by atoms with van der Waals surface area (Å²) in [5.41, 5.74) is 3.50. The molecular formula is C32H33N7O4S. The quantitative estimate of drug-likeness (QED) is 0.334. The minimum Gasteiger partial charge on any atom is -0.475 e. The molecule has 226 valence electrons. The summed E-state index contributed by atoms with van der Waals surface area (Å²) in [6.45, 7) is 10.2. The number of rotatable bonds is 4. The number of hydrogen-bond donors (Lipinski definition) is 1. The zero-order valence-corrected chi connectivity index (χ0v) is 26.0. The molecule has 0 radical (unpaired) electrons. The molecule has 1 aliphatic heterocycles. The van der Waals surface area contributed by atoms with Crippen LogP contribution in [-0.4, -0.2) is 51.8 Å². The van der Waals surface area contributed by atoms with E-state index < -0.39 is 22.0 Å². The van der Waals surface area contributed by atoms with E-state index in [9.17, 15) is 18.5 Å². The number of aromatic nitrogens is 4. The molecular weight excluding hydrogens is 578 g/mol. The first-order chi connectivity index (χ1) is 20.8. The third kappa shape index (κ3) is 6.84. The summed E-state index contributed by atoms with van der Waals surface area (Å²) in [5, 5.41) is 9.18. The lowest BCUT2D eigenvalue weighted by atomic mass is 9.87. The van der Waals surface area contributed by atoms with E-state index in [0.29, 0.717) is 23.5 Å². The van der Waals surface area contributed by atoms with Crippen LogP contribution in [-0.2, 0) is 16.6 Å². The molecule has 1 amide bonds. The number of ether oxygens (including phenoxy) is 1. The van der Waals surface area contributed by atoms with E-state index in [1.807, 2.05) is 38.1 Å². The molecule has 5 rings (SSSR count). The molecule has 1 N–H and O–H groups in total. The van der Waals surface area contributed by atoms with Gasteiger partial charge in [-0.25, -0.2) is 28.1 Å². The van der Waals surface area contributed by atoms with Crippen molar-refractivity contribution in [2.75, 3.05) is 11.3 Å². The molecule has 0 saturated heterocycles. The maximum absolute atomic E-state index is 14.2. The largest absolute Gasteiger partial charge is 0.475 e. The lowest BCUT2D eigenvalue weighted by molar-refractivity contribution is 0.0505. The Hall–Kier alpha value is -4.89. The fraction of sp³-hybridized carbons (Fsp3) is 0.312. The number of hydrogen-bond acceptors (Lipinski definition) is 9. The van der Waals surface area contributed by atoms with Crippen molar-refractivity contribution in [2.45, 2.75) is 58.5 Å². The van der Waals surface area contributed by atoms with Crippen LogP contribution >= 0.6 is 0 Å². The number of nitrogens with zero attached hydrogens (tertiary/aromatic N) is 6. The van der Waals surface area contributed by atoms with Crippen LogP contribution in [0.25, 0.3) is 11.3 Å². The van der Waals surface area contributed by atoms with Crippen LogP contribution in [0.4, 0.5) is 5.95 Å². The minimum absolute atomic E-state index is 0.00650. The van der Waals surface area contributed by atoms with Crippen LogP contribution in [0.3, 0.4) is 0 Å². The van der Waals surface area contributed by atoms with Crippen LogP contribution in [0.1, 0.15) is 60.1 Å². The van der Waals surface area contributed by atoms with Crippen LogP contribution in [0, 0.1) is 30.6 Å². The molecule has 2 aromatic carbocycles. The Bertz CT molecular complexity index is 1840. The molecule has 3 heterocycles. The monoisotopic (exact) mass is 611 g/mol. The number of amides is 1. The Balaban J connectivity index is 1.67. The molecule has 2 aromatic heterocycles. The van der Waals surface area contributed by atoms with Gasteiger partial charge in [0.2, 0.25) is 11.8 Å². The van der Waals surface area contributed by atoms with Gasteiger partial charge in [0.1, 0.15) is 18.5 Å². The van der Waals surface area contributed by atoms with Gasteiger partial charge in [-0.15, -0.1) is 0 Å². The van der Waals surface area contributed by atoms with Crippen molar-refractivity contribution in [3.8, 4) is 23.2 Å². The average Bonchev–Trinajstić information content (AvgIpc) is 2.97. The fourth-order valence-corrected chi connectivity index (χ4v) is 6.18. The van der Waals surface area contributed by atoms with Gasteiger partial charge in [0.05, 0.1) is 28.7 Å². The molecule has 11 nitrogen and oxygen atoms in total. The van der Waals surface area contributed by atoms with Gasteiger partial charge in [-0.05, 0) is 55.0 Å². The van der Waals surface area contributed by atoms with E-state index in [2.05, 4.69) is 45.4 Å². The molecule has 0 fully saturated rings. The van der Waals surface area contributed by atoms with Crippen molar-refractivity contribution in [1.82, 2.24) is 24.8 Å². The Morgan fingerprint density at radius 2 is 1.73 bits per heavy atom. The number of nitrogens with one attached hydrogen (secondary N) is 1. The third-order valence-corrected chi connectivity index (χ3v) is 8.50. The Kier molecular flexibility index (Phi) is 8.34. The molecule has 4 bridgehead atoms. The van der Waals surface area contributed by atoms with Gasteiger partial charge >= 0.3 is 0 Å². The second kappa shape index (κ2) is 12.0. The van der Waals surface area contributed by atoms with Crippen LogP contribution in [0.15, 0.2) is 65.8 Å². The second-order valence-corrected chi connectivity index (χ2v) is 13.7. The molecule has 1 aliphatic rings. The van der Waals surface area contributed by atoms with Gasteiger partial charge in [-0.1, -0.05) is 45.0 Å². The molecule has 0 aliphatic carbocycles. The van der Waals surface area contributed by atoms with Gasteiger partial charge in [0.25, 0.3) is 15.9 Å². The normalized spacial score (nSPS) is 16.4. The Labute approximate surface area is 257 Å². The van der Waals surface area contributed by atoms with E-state index in [1.165, 1.54) is 30.6 Å². The van der Waals surface area contributed by atoms with Gasteiger partial charge in [0.15, 0.2) is 0 Å². The number of carbonyl (C=O) groups excluding carboxylic acids is 1. The fourth-order valence-electron chi connectivity index (χ4n) is 5.19. The summed E-state index contributed by atoms with van der Waals surface area (Å²) in [5.74, 6) is -0.0811. The molecule has 0 unspecified atom stereocenters. The van der Waals surface area contributed by atoms with Crippen LogP contribution < -0.4 is 9.46 Å². The van der Waals surface area contributed by atoms with E-state index in [-0.39, 0.29) is 40.9 Å². The zero-order valence-electron chi connectivity index (χ0n) is 25.2. The Morgan fingerprint density at radius 1 is 1.05 bits per heavy atom. The smallest absolute Gasteiger partial charge is 0.264 e. The number of benzene rings is 2. The van der Waals surface area contributed by atoms with E-state index in [0.717, 1.165) is 16.7 Å². The summed E-state index contributed by atoms with van der Waals surface area (Å²) in [7, 11) is -4.18. The van der Waals surface area contributed by atoms with Gasteiger partial charge in [0, 0.05) is 29.6 Å². The van der Waals surface area contributed by atoms with E-state index >= 15 is 0 Å². The van der Waals surface area contributed by atoms with Gasteiger partial charge < -0.3 is 9.64 Å². The number of fused-ring (bicyclic) bond motifs is 4. The zero-order chi connectivity index (χ0) is 31.6. The molecule has 0 saturated carbocycles. The SMILES string of the molecule is Cc1cccc(C)c1-c1cc2nc(n1)NS(=O)(=O)c1cccc(c1)C(=O)N(Cc1ncc(C#N)cn1)[C@H](CC(C)(C)C)CO2. The highest BCUT2D eigenvalue weighted by molar-refractivity contribution is 7.92. The molecule has 4 aromatic rings. The summed E-state index contributed by atoms with van der Waals surface area (Å²) >= 11 is 0. The predicted molar refractivity (Wildman–Crippen MR) is 164 cm³/mol. The average molecular weight is 612 g/mol. The van der Waals surface area contributed by atoms with Crippen molar-refractivity contribution in [2.24, 2.45) is 5.41 Å². The first kappa shape index (κ1) is 30.6. The van der Waals surface area contributed by atoms with E-state index in [4.69, 9.17) is 4.74 Å². The predicted octanol–water partition coefficient (Wildman–Crippen LogP) is 5.06. The number of aryl methyl sites for hydroxylation is 2. The highest BCUT2D eigenvalue weighted by atomic mass is 32.2. The maximum atomic E-state index is 14.2. The molecule has 12 heteroatoms. The van der Waals surface area contributed by atoms with Crippen LogP contribution in [0.5, 0.6) is 5.88 Å². The number of sulfonamides is 1. The Morgan fingerprint density at radius 3 is 2.39 bits per heavy atom. The first-order valence-electron chi connectivity index (χ1n) is 14.1. The summed E-state index contributed by atoms with van der Waals surface area (Å²) in [6.07, 6.45) is 3.34. The third-order valence-electron chi connectivity index (χ3n) is 7.18. The first-order valence-corrected chi connectivity index (χ1v) is 15.5. The molecule has 1 atom stereocenters. The minimum atomic E-state index is -4.18. The van der Waals surface area contributed by atoms with Crippen molar-refractivity contribution in [1.29, 1.82) is 5.26 Å². The number of nitriles is 1. The highest BCUT2D eigenvalue weighted by Gasteiger charge is 2.32. The number of anilines is 1. The van der Waals surface area contributed by atoms with Crippen molar-refractivity contribution >= 4 is 21.9 Å². The standard InChI is InChI=1S/C32H33N7O4S/c1-20-8-6-9-21(2)29(20)26-13-28-37-31(36-26)38-44(41,42)25-11-7-10-23(12-25)30(40)39(24(19-43-28)14-32(3,4)5)18-27-34-16-22(15-33)17-35-27/h6-13,16-17,24H,14,18-19H2,1-5H3,(H,36,37,38)/t24-/m1/s1. The van der Waals surface area contributed by atoms with Crippen molar-refractivity contribution < 1.29 is 17.9 Å². The number of carbonyl (C=O) groups is 1. The lowest BCUT2D eigenvalue weighted by Crippen LogP contribution is -2.45. The van der Waals surface area contributed by atoms with Crippen LogP contribution in [0.2, 0.25) is 0 Å². The van der Waals surface area contributed by atoms with Crippen molar-refractivity contribution in [3.05, 3.63) is 89.0 Å².